The summed E-state index contributed by atoms with van der Waals surface area (Å²) in [6.07, 6.45) is 9.20. The third-order valence-corrected chi connectivity index (χ3v) is 4.83. The molecule has 0 nitrogen and oxygen atoms in total. The molecule has 76 valence electrons. The molecule has 15 heavy (non-hydrogen) atoms. The van der Waals surface area contributed by atoms with E-state index in [1.165, 1.54) is 31.7 Å². The van der Waals surface area contributed by atoms with E-state index in [4.69, 9.17) is 0 Å². The van der Waals surface area contributed by atoms with Crippen LogP contribution in [0.4, 0.5) is 0 Å². The van der Waals surface area contributed by atoms with E-state index in [0.717, 1.165) is 0 Å². The summed E-state index contributed by atoms with van der Waals surface area (Å²) in [5.74, 6) is 0. The van der Waals surface area contributed by atoms with Gasteiger partial charge in [0.05, 0.1) is 9.06 Å². The molecular weight excluding hydrogens is 268 g/mol. The largest absolute Gasteiger partial charge is 0.106 e. The monoisotopic (exact) mass is 278 g/mol. The number of fused-ring (bicyclic) bond motifs is 2. The lowest BCUT2D eigenvalue weighted by atomic mass is 9.89. The van der Waals surface area contributed by atoms with Crippen LogP contribution < -0.4 is 0 Å². The molecule has 0 radical (unpaired) electrons. The van der Waals surface area contributed by atoms with Crippen LogP contribution in [0.5, 0.6) is 0 Å². The highest BCUT2D eigenvalue weighted by atomic mass is 79.9. The van der Waals surface area contributed by atoms with Crippen LogP contribution in [0.1, 0.15) is 13.8 Å². The molecule has 0 fully saturated rings. The van der Waals surface area contributed by atoms with E-state index in [0.29, 0.717) is 5.25 Å². The van der Waals surface area contributed by atoms with E-state index in [9.17, 15) is 0 Å². The molecule has 0 amide bonds. The molecule has 1 aliphatic heterocycles. The maximum absolute atomic E-state index is 3.57. The molecule has 2 heteroatoms. The van der Waals surface area contributed by atoms with Gasteiger partial charge in [-0.25, -0.2) is 0 Å². The second kappa shape index (κ2) is 3.26. The molecule has 1 heterocycles. The SMILES string of the molecule is CC1=CC2=CC3SC(Br)=CC3=C(C)C2=C1. The summed E-state index contributed by atoms with van der Waals surface area (Å²) in [5, 5.41) is 0.522. The fourth-order valence-corrected chi connectivity index (χ4v) is 4.20. The van der Waals surface area contributed by atoms with Crippen molar-refractivity contribution >= 4 is 27.7 Å². The number of allylic oxidation sites excluding steroid dienone is 7. The van der Waals surface area contributed by atoms with Gasteiger partial charge in [-0.05, 0) is 63.7 Å². The topological polar surface area (TPSA) is 0 Å². The summed E-state index contributed by atoms with van der Waals surface area (Å²) in [6, 6.07) is 0. The van der Waals surface area contributed by atoms with Gasteiger partial charge in [0.15, 0.2) is 0 Å². The normalized spacial score (nSPS) is 28.1. The average molecular weight is 279 g/mol. The van der Waals surface area contributed by atoms with Crippen LogP contribution in [0.25, 0.3) is 0 Å². The summed E-state index contributed by atoms with van der Waals surface area (Å²) in [4.78, 5) is 0. The first-order valence-corrected chi connectivity index (χ1v) is 6.69. The van der Waals surface area contributed by atoms with Crippen molar-refractivity contribution < 1.29 is 0 Å². The molecule has 3 aliphatic rings. The summed E-state index contributed by atoms with van der Waals surface area (Å²) < 4.78 is 1.25. The highest BCUT2D eigenvalue weighted by molar-refractivity contribution is 9.14. The van der Waals surface area contributed by atoms with Gasteiger partial charge in [-0.1, -0.05) is 18.2 Å². The Labute approximate surface area is 103 Å². The minimum Gasteiger partial charge on any atom is -0.106 e. The summed E-state index contributed by atoms with van der Waals surface area (Å²) >= 11 is 5.46. The molecular formula is C13H11BrS. The van der Waals surface area contributed by atoms with Gasteiger partial charge in [-0.15, -0.1) is 11.8 Å². The smallest absolute Gasteiger partial charge is 0.0542 e. The Balaban J connectivity index is 2.15. The van der Waals surface area contributed by atoms with Crippen molar-refractivity contribution in [3.8, 4) is 0 Å². The predicted molar refractivity (Wildman–Crippen MR) is 71.0 cm³/mol. The van der Waals surface area contributed by atoms with Crippen molar-refractivity contribution in [3.63, 3.8) is 0 Å². The highest BCUT2D eigenvalue weighted by Gasteiger charge is 2.29. The van der Waals surface area contributed by atoms with Crippen LogP contribution in [0.2, 0.25) is 0 Å². The highest BCUT2D eigenvalue weighted by Crippen LogP contribution is 2.48. The maximum atomic E-state index is 3.57. The first kappa shape index (κ1) is 9.73. The molecule has 0 aromatic heterocycles. The third kappa shape index (κ3) is 1.42. The van der Waals surface area contributed by atoms with Crippen LogP contribution in [0.15, 0.2) is 56.0 Å². The average Bonchev–Trinajstić information content (AvgIpc) is 2.69. The summed E-state index contributed by atoms with van der Waals surface area (Å²) in [6.45, 7) is 4.40. The van der Waals surface area contributed by atoms with Crippen LogP contribution in [-0.4, -0.2) is 5.25 Å². The van der Waals surface area contributed by atoms with E-state index in [1.54, 1.807) is 0 Å². The van der Waals surface area contributed by atoms with Gasteiger partial charge < -0.3 is 0 Å². The Morgan fingerprint density at radius 1 is 1.20 bits per heavy atom. The Kier molecular flexibility index (Phi) is 2.12. The van der Waals surface area contributed by atoms with Crippen molar-refractivity contribution in [3.05, 3.63) is 56.0 Å². The Bertz CT molecular complexity index is 501. The fourth-order valence-electron chi connectivity index (χ4n) is 2.33. The first-order chi connectivity index (χ1) is 7.15. The lowest BCUT2D eigenvalue weighted by Gasteiger charge is -2.19. The van der Waals surface area contributed by atoms with Gasteiger partial charge in [-0.2, -0.15) is 0 Å². The van der Waals surface area contributed by atoms with Crippen molar-refractivity contribution in [2.75, 3.05) is 0 Å². The Hall–Kier alpha value is -0.470. The van der Waals surface area contributed by atoms with E-state index in [-0.39, 0.29) is 0 Å². The molecule has 0 aromatic rings. The molecule has 0 N–H and O–H groups in total. The quantitative estimate of drug-likeness (QED) is 0.630. The predicted octanol–water partition coefficient (Wildman–Crippen LogP) is 4.48. The standard InChI is InChI=1S/C13H11BrS/c1-7-3-9-5-12-11(6-13(14)15-12)8(2)10(9)4-7/h3-6,12H,1-2H3. The minimum absolute atomic E-state index is 0.522. The summed E-state index contributed by atoms with van der Waals surface area (Å²) in [5.41, 5.74) is 7.08. The molecule has 0 spiro atoms. The number of thioether (sulfide) groups is 1. The lowest BCUT2D eigenvalue weighted by Crippen LogP contribution is -2.07. The van der Waals surface area contributed by atoms with Gasteiger partial charge in [-0.3, -0.25) is 0 Å². The molecule has 0 saturated heterocycles. The second-order valence-corrected chi connectivity index (χ2v) is 6.70. The second-order valence-electron chi connectivity index (χ2n) is 4.14. The lowest BCUT2D eigenvalue weighted by molar-refractivity contribution is 1.18. The van der Waals surface area contributed by atoms with Crippen molar-refractivity contribution in [2.45, 2.75) is 19.1 Å². The van der Waals surface area contributed by atoms with Crippen LogP contribution in [0, 0.1) is 0 Å². The maximum Gasteiger partial charge on any atom is 0.0542 e. The molecule has 0 bridgehead atoms. The number of hydrogen-bond acceptors (Lipinski definition) is 1. The van der Waals surface area contributed by atoms with Gasteiger partial charge in [0, 0.05) is 0 Å². The van der Waals surface area contributed by atoms with Crippen molar-refractivity contribution in [1.82, 2.24) is 0 Å². The number of halogens is 1. The van der Waals surface area contributed by atoms with E-state index in [2.05, 4.69) is 54.1 Å². The van der Waals surface area contributed by atoms with Gasteiger partial charge >= 0.3 is 0 Å². The van der Waals surface area contributed by atoms with Crippen LogP contribution in [0.3, 0.4) is 0 Å². The van der Waals surface area contributed by atoms with E-state index >= 15 is 0 Å². The summed E-state index contributed by atoms with van der Waals surface area (Å²) in [7, 11) is 0. The fraction of sp³-hybridized carbons (Fsp3) is 0.231. The van der Waals surface area contributed by atoms with Gasteiger partial charge in [0.2, 0.25) is 0 Å². The zero-order valence-corrected chi connectivity index (χ0v) is 11.1. The van der Waals surface area contributed by atoms with E-state index < -0.39 is 0 Å². The molecule has 0 aromatic carbocycles. The van der Waals surface area contributed by atoms with Crippen molar-refractivity contribution in [1.29, 1.82) is 0 Å². The van der Waals surface area contributed by atoms with Gasteiger partial charge in [0.1, 0.15) is 0 Å². The molecule has 3 rings (SSSR count). The van der Waals surface area contributed by atoms with Crippen molar-refractivity contribution in [2.24, 2.45) is 0 Å². The third-order valence-electron chi connectivity index (χ3n) is 3.05. The molecule has 1 unspecified atom stereocenters. The minimum atomic E-state index is 0.522. The Morgan fingerprint density at radius 3 is 2.80 bits per heavy atom. The first-order valence-electron chi connectivity index (χ1n) is 5.02. The van der Waals surface area contributed by atoms with Crippen LogP contribution in [-0.2, 0) is 0 Å². The zero-order chi connectivity index (χ0) is 10.6. The Morgan fingerprint density at radius 2 is 2.00 bits per heavy atom. The molecule has 2 aliphatic carbocycles. The van der Waals surface area contributed by atoms with Gasteiger partial charge in [0.25, 0.3) is 0 Å². The van der Waals surface area contributed by atoms with Crippen LogP contribution >= 0.6 is 27.7 Å². The number of rotatable bonds is 0. The van der Waals surface area contributed by atoms with E-state index in [1.807, 2.05) is 11.8 Å². The number of hydrogen-bond donors (Lipinski definition) is 0. The molecule has 1 atom stereocenters. The molecule has 0 saturated carbocycles. The zero-order valence-electron chi connectivity index (χ0n) is 8.67.